The van der Waals surface area contributed by atoms with E-state index in [9.17, 15) is 8.42 Å². The van der Waals surface area contributed by atoms with Crippen molar-refractivity contribution in [2.45, 2.75) is 44.0 Å². The molecule has 0 heterocycles. The normalized spacial score (nSPS) is 23.1. The molecular formula is C13H18BrNO2S. The first-order valence-corrected chi connectivity index (χ1v) is 8.50. The maximum atomic E-state index is 12.3. The summed E-state index contributed by atoms with van der Waals surface area (Å²) < 4.78 is 28.1. The Morgan fingerprint density at radius 2 is 2.17 bits per heavy atom. The van der Waals surface area contributed by atoms with Crippen LogP contribution < -0.4 is 4.72 Å². The highest BCUT2D eigenvalue weighted by Crippen LogP contribution is 2.36. The van der Waals surface area contributed by atoms with Crippen LogP contribution in [0, 0.1) is 12.8 Å². The van der Waals surface area contributed by atoms with Crippen molar-refractivity contribution in [3.63, 3.8) is 0 Å². The van der Waals surface area contributed by atoms with E-state index in [1.807, 2.05) is 19.1 Å². The van der Waals surface area contributed by atoms with Crippen molar-refractivity contribution in [3.05, 3.63) is 28.2 Å². The summed E-state index contributed by atoms with van der Waals surface area (Å²) in [5.41, 5.74) is 0.776. The van der Waals surface area contributed by atoms with Gasteiger partial charge >= 0.3 is 0 Å². The molecule has 0 saturated heterocycles. The van der Waals surface area contributed by atoms with Crippen molar-refractivity contribution in [3.8, 4) is 0 Å². The molecule has 2 atom stereocenters. The lowest BCUT2D eigenvalue weighted by Crippen LogP contribution is -2.27. The number of hydrogen-bond donors (Lipinski definition) is 1. The van der Waals surface area contributed by atoms with Gasteiger partial charge in [0.2, 0.25) is 10.0 Å². The molecule has 18 heavy (non-hydrogen) atoms. The van der Waals surface area contributed by atoms with Crippen LogP contribution >= 0.6 is 15.9 Å². The number of rotatable bonds is 5. The number of nitrogens with one attached hydrogen (secondary N) is 1. The van der Waals surface area contributed by atoms with E-state index >= 15 is 0 Å². The first-order valence-electron chi connectivity index (χ1n) is 6.22. The van der Waals surface area contributed by atoms with Gasteiger partial charge in [-0.1, -0.05) is 35.3 Å². The van der Waals surface area contributed by atoms with Gasteiger partial charge in [0.15, 0.2) is 0 Å². The van der Waals surface area contributed by atoms with Gasteiger partial charge in [-0.3, -0.25) is 0 Å². The lowest BCUT2D eigenvalue weighted by atomic mass is 10.2. The van der Waals surface area contributed by atoms with Gasteiger partial charge in [-0.05, 0) is 43.4 Å². The average Bonchev–Trinajstić information content (AvgIpc) is 2.99. The van der Waals surface area contributed by atoms with E-state index in [-0.39, 0.29) is 6.04 Å². The van der Waals surface area contributed by atoms with Crippen molar-refractivity contribution in [1.82, 2.24) is 4.72 Å². The third kappa shape index (κ3) is 3.13. The molecule has 100 valence electrons. The van der Waals surface area contributed by atoms with Crippen LogP contribution in [0.4, 0.5) is 0 Å². The van der Waals surface area contributed by atoms with E-state index in [0.29, 0.717) is 10.8 Å². The number of halogens is 1. The molecule has 1 aromatic rings. The molecule has 0 amide bonds. The zero-order valence-electron chi connectivity index (χ0n) is 10.6. The Bertz CT molecular complexity index is 542. The van der Waals surface area contributed by atoms with Gasteiger partial charge in [0.1, 0.15) is 0 Å². The second kappa shape index (κ2) is 5.31. The van der Waals surface area contributed by atoms with Gasteiger partial charge < -0.3 is 0 Å². The monoisotopic (exact) mass is 331 g/mol. The van der Waals surface area contributed by atoms with Gasteiger partial charge in [-0.25, -0.2) is 13.1 Å². The molecule has 0 spiro atoms. The second-order valence-corrected chi connectivity index (χ2v) is 7.52. The fraction of sp³-hybridized carbons (Fsp3) is 0.538. The highest BCUT2D eigenvalue weighted by molar-refractivity contribution is 9.10. The fourth-order valence-electron chi connectivity index (χ4n) is 2.21. The molecule has 1 aromatic carbocycles. The molecule has 1 aliphatic rings. The average molecular weight is 332 g/mol. The van der Waals surface area contributed by atoms with Gasteiger partial charge in [0.25, 0.3) is 0 Å². The number of benzene rings is 1. The summed E-state index contributed by atoms with van der Waals surface area (Å²) in [5.74, 6) is 0.525. The Hall–Kier alpha value is -0.390. The molecule has 0 radical (unpaired) electrons. The van der Waals surface area contributed by atoms with Gasteiger partial charge in [0.05, 0.1) is 4.90 Å². The van der Waals surface area contributed by atoms with Crippen LogP contribution in [0.3, 0.4) is 0 Å². The standard InChI is InChI=1S/C13H18BrNO2S/c1-3-4-10-7-12(10)15-18(16,17)13-8-11(14)6-5-9(13)2/h5-6,8,10,12,15H,3-4,7H2,1-2H3. The highest BCUT2D eigenvalue weighted by Gasteiger charge is 2.39. The number of sulfonamides is 1. The summed E-state index contributed by atoms with van der Waals surface area (Å²) >= 11 is 3.32. The van der Waals surface area contributed by atoms with Crippen molar-refractivity contribution >= 4 is 26.0 Å². The predicted octanol–water partition coefficient (Wildman–Crippen LogP) is 3.22. The molecule has 3 nitrogen and oxygen atoms in total. The van der Waals surface area contributed by atoms with Crippen molar-refractivity contribution in [1.29, 1.82) is 0 Å². The molecular weight excluding hydrogens is 314 g/mol. The van der Waals surface area contributed by atoms with Crippen LogP contribution in [0.15, 0.2) is 27.6 Å². The molecule has 2 unspecified atom stereocenters. The third-order valence-electron chi connectivity index (χ3n) is 3.33. The molecule has 1 fully saturated rings. The van der Waals surface area contributed by atoms with Crippen LogP contribution in [-0.2, 0) is 10.0 Å². The van der Waals surface area contributed by atoms with Crippen LogP contribution in [0.25, 0.3) is 0 Å². The zero-order chi connectivity index (χ0) is 13.3. The predicted molar refractivity (Wildman–Crippen MR) is 76.0 cm³/mol. The summed E-state index contributed by atoms with van der Waals surface area (Å²) in [6.07, 6.45) is 3.18. The van der Waals surface area contributed by atoms with Gasteiger partial charge in [0, 0.05) is 10.5 Å². The number of hydrogen-bond acceptors (Lipinski definition) is 2. The highest BCUT2D eigenvalue weighted by atomic mass is 79.9. The van der Waals surface area contributed by atoms with Crippen LogP contribution in [0.1, 0.15) is 31.7 Å². The van der Waals surface area contributed by atoms with Crippen molar-refractivity contribution in [2.24, 2.45) is 5.92 Å². The largest absolute Gasteiger partial charge is 0.241 e. The summed E-state index contributed by atoms with van der Waals surface area (Å²) in [7, 11) is -3.38. The Balaban J connectivity index is 2.14. The second-order valence-electron chi connectivity index (χ2n) is 4.92. The molecule has 1 aliphatic carbocycles. The summed E-state index contributed by atoms with van der Waals surface area (Å²) in [6.45, 7) is 3.94. The molecule has 5 heteroatoms. The topological polar surface area (TPSA) is 46.2 Å². The SMILES string of the molecule is CCCC1CC1NS(=O)(=O)c1cc(Br)ccc1C. The Kier molecular flexibility index (Phi) is 4.14. The minimum atomic E-state index is -3.38. The minimum absolute atomic E-state index is 0.133. The van der Waals surface area contributed by atoms with E-state index in [4.69, 9.17) is 0 Å². The van der Waals surface area contributed by atoms with E-state index in [0.717, 1.165) is 29.3 Å². The van der Waals surface area contributed by atoms with Crippen molar-refractivity contribution in [2.75, 3.05) is 0 Å². The quantitative estimate of drug-likeness (QED) is 0.900. The van der Waals surface area contributed by atoms with Gasteiger partial charge in [-0.2, -0.15) is 0 Å². The molecule has 1 saturated carbocycles. The smallest absolute Gasteiger partial charge is 0.208 e. The molecule has 0 bridgehead atoms. The zero-order valence-corrected chi connectivity index (χ0v) is 13.0. The van der Waals surface area contributed by atoms with Crippen LogP contribution in [-0.4, -0.2) is 14.5 Å². The number of aryl methyl sites for hydroxylation is 1. The maximum Gasteiger partial charge on any atom is 0.241 e. The van der Waals surface area contributed by atoms with E-state index in [1.54, 1.807) is 6.07 Å². The fourth-order valence-corrected chi connectivity index (χ4v) is 4.31. The Morgan fingerprint density at radius 3 is 2.83 bits per heavy atom. The molecule has 1 N–H and O–H groups in total. The molecule has 0 aliphatic heterocycles. The minimum Gasteiger partial charge on any atom is -0.208 e. The van der Waals surface area contributed by atoms with Crippen LogP contribution in [0.5, 0.6) is 0 Å². The van der Waals surface area contributed by atoms with Crippen molar-refractivity contribution < 1.29 is 8.42 Å². The summed E-state index contributed by atoms with van der Waals surface area (Å²) in [4.78, 5) is 0.374. The van der Waals surface area contributed by atoms with Crippen LogP contribution in [0.2, 0.25) is 0 Å². The molecule has 2 rings (SSSR count). The van der Waals surface area contributed by atoms with Gasteiger partial charge in [-0.15, -0.1) is 0 Å². The van der Waals surface area contributed by atoms with E-state index < -0.39 is 10.0 Å². The third-order valence-corrected chi connectivity index (χ3v) is 5.45. The first-order chi connectivity index (χ1) is 8.44. The summed E-state index contributed by atoms with van der Waals surface area (Å²) in [6, 6.07) is 5.46. The lowest BCUT2D eigenvalue weighted by molar-refractivity contribution is 0.572. The Morgan fingerprint density at radius 1 is 1.44 bits per heavy atom. The lowest BCUT2D eigenvalue weighted by Gasteiger charge is -2.09. The maximum absolute atomic E-state index is 12.3. The molecule has 0 aromatic heterocycles. The van der Waals surface area contributed by atoms with E-state index in [2.05, 4.69) is 27.6 Å². The van der Waals surface area contributed by atoms with E-state index in [1.165, 1.54) is 0 Å². The summed E-state index contributed by atoms with van der Waals surface area (Å²) in [5, 5.41) is 0. The first kappa shape index (κ1) is 14.0. The Labute approximate surface area is 117 Å².